The van der Waals surface area contributed by atoms with Crippen LogP contribution in [0, 0.1) is 13.8 Å². The van der Waals surface area contributed by atoms with Crippen molar-refractivity contribution >= 4 is 23.4 Å². The van der Waals surface area contributed by atoms with Crippen molar-refractivity contribution in [1.82, 2.24) is 14.9 Å². The number of rotatable bonds is 7. The molecule has 4 aromatic rings. The third-order valence-electron chi connectivity index (χ3n) is 5.15. The third-order valence-corrected chi connectivity index (χ3v) is 6.36. The van der Waals surface area contributed by atoms with Crippen LogP contribution in [0.25, 0.3) is 11.4 Å². The maximum absolute atomic E-state index is 13.4. The van der Waals surface area contributed by atoms with Crippen LogP contribution in [0.15, 0.2) is 78.0 Å². The molecule has 0 saturated heterocycles. The highest BCUT2D eigenvalue weighted by Gasteiger charge is 2.26. The SMILES string of the molecule is COc1ccc(C)cc1NC(=O)[C@H](Sc1nnc(-c2ccc(C)cc2)n1N)c1ccccc1. The molecule has 0 spiro atoms. The van der Waals surface area contributed by atoms with Crippen LogP contribution in [-0.2, 0) is 4.79 Å². The van der Waals surface area contributed by atoms with Gasteiger partial charge in [-0.25, -0.2) is 4.68 Å². The van der Waals surface area contributed by atoms with Gasteiger partial charge in [0.2, 0.25) is 11.1 Å². The fraction of sp³-hybridized carbons (Fsp3) is 0.160. The van der Waals surface area contributed by atoms with E-state index >= 15 is 0 Å². The number of methoxy groups -OCH3 is 1. The highest BCUT2D eigenvalue weighted by atomic mass is 32.2. The molecule has 8 heteroatoms. The molecule has 168 valence electrons. The number of nitrogens with zero attached hydrogens (tertiary/aromatic N) is 3. The van der Waals surface area contributed by atoms with Crippen LogP contribution >= 0.6 is 11.8 Å². The molecule has 0 fully saturated rings. The highest BCUT2D eigenvalue weighted by molar-refractivity contribution is 8.00. The van der Waals surface area contributed by atoms with Gasteiger partial charge in [-0.3, -0.25) is 4.79 Å². The summed E-state index contributed by atoms with van der Waals surface area (Å²) in [7, 11) is 1.58. The number of nitrogens with two attached hydrogens (primary N) is 1. The van der Waals surface area contributed by atoms with Crippen LogP contribution in [0.4, 0.5) is 5.69 Å². The van der Waals surface area contributed by atoms with Crippen molar-refractivity contribution in [1.29, 1.82) is 0 Å². The van der Waals surface area contributed by atoms with Gasteiger partial charge in [-0.1, -0.05) is 78.0 Å². The number of nitrogen functional groups attached to an aromatic ring is 1. The van der Waals surface area contributed by atoms with Crippen molar-refractivity contribution in [3.05, 3.63) is 89.5 Å². The van der Waals surface area contributed by atoms with E-state index in [2.05, 4.69) is 15.5 Å². The summed E-state index contributed by atoms with van der Waals surface area (Å²) in [5, 5.41) is 11.4. The zero-order valence-electron chi connectivity index (χ0n) is 18.6. The Morgan fingerprint density at radius 3 is 2.39 bits per heavy atom. The molecule has 0 bridgehead atoms. The highest BCUT2D eigenvalue weighted by Crippen LogP contribution is 2.37. The normalized spacial score (nSPS) is 11.7. The second-order valence-corrected chi connectivity index (χ2v) is 8.72. The summed E-state index contributed by atoms with van der Waals surface area (Å²) in [6.07, 6.45) is 0. The number of hydrogen-bond acceptors (Lipinski definition) is 6. The molecule has 7 nitrogen and oxygen atoms in total. The largest absolute Gasteiger partial charge is 0.495 e. The van der Waals surface area contributed by atoms with Crippen molar-refractivity contribution in [3.63, 3.8) is 0 Å². The number of aryl methyl sites for hydroxylation is 2. The van der Waals surface area contributed by atoms with Gasteiger partial charge in [0.05, 0.1) is 12.8 Å². The van der Waals surface area contributed by atoms with Crippen LogP contribution in [0.1, 0.15) is 21.9 Å². The number of carbonyl (C=O) groups excluding carboxylic acids is 1. The number of carbonyl (C=O) groups is 1. The van der Waals surface area contributed by atoms with Gasteiger partial charge in [-0.15, -0.1) is 10.2 Å². The molecule has 1 heterocycles. The van der Waals surface area contributed by atoms with Gasteiger partial charge in [0.1, 0.15) is 11.0 Å². The van der Waals surface area contributed by atoms with Gasteiger partial charge in [0.15, 0.2) is 5.82 Å². The van der Waals surface area contributed by atoms with E-state index in [1.54, 1.807) is 7.11 Å². The van der Waals surface area contributed by atoms with Crippen LogP contribution in [0.3, 0.4) is 0 Å². The first kappa shape index (κ1) is 22.4. The van der Waals surface area contributed by atoms with Crippen molar-refractivity contribution < 1.29 is 9.53 Å². The molecule has 0 unspecified atom stereocenters. The predicted octanol–water partition coefficient (Wildman–Crippen LogP) is 4.76. The molecule has 33 heavy (non-hydrogen) atoms. The standard InChI is InChI=1S/C25H25N5O2S/c1-16-9-12-19(13-10-16)23-28-29-25(30(23)26)33-22(18-7-5-4-6-8-18)24(31)27-20-15-17(2)11-14-21(20)32-3/h4-15,22H,26H2,1-3H3,(H,27,31)/t22-/m1/s1. The Morgan fingerprint density at radius 1 is 1.00 bits per heavy atom. The van der Waals surface area contributed by atoms with Crippen LogP contribution in [-0.4, -0.2) is 27.9 Å². The second-order valence-electron chi connectivity index (χ2n) is 7.64. The Morgan fingerprint density at radius 2 is 1.70 bits per heavy atom. The van der Waals surface area contributed by atoms with E-state index in [-0.39, 0.29) is 5.91 Å². The molecule has 0 saturated carbocycles. The van der Waals surface area contributed by atoms with E-state index < -0.39 is 5.25 Å². The lowest BCUT2D eigenvalue weighted by Gasteiger charge is -2.18. The van der Waals surface area contributed by atoms with Crippen LogP contribution in [0.2, 0.25) is 0 Å². The number of thioether (sulfide) groups is 1. The molecule has 0 aliphatic heterocycles. The van der Waals surface area contributed by atoms with Crippen molar-refractivity contribution in [2.24, 2.45) is 0 Å². The molecule has 4 rings (SSSR count). The average molecular weight is 460 g/mol. The average Bonchev–Trinajstić information content (AvgIpc) is 3.18. The molecule has 1 aromatic heterocycles. The first-order chi connectivity index (χ1) is 16.0. The summed E-state index contributed by atoms with van der Waals surface area (Å²) < 4.78 is 6.84. The Kier molecular flexibility index (Phi) is 6.65. The van der Waals surface area contributed by atoms with Gasteiger partial charge < -0.3 is 15.9 Å². The van der Waals surface area contributed by atoms with Crippen LogP contribution in [0.5, 0.6) is 5.75 Å². The molecule has 0 aliphatic carbocycles. The van der Waals surface area contributed by atoms with Crippen molar-refractivity contribution in [3.8, 4) is 17.1 Å². The second kappa shape index (κ2) is 9.79. The first-order valence-electron chi connectivity index (χ1n) is 10.4. The number of hydrogen-bond donors (Lipinski definition) is 2. The number of amides is 1. The minimum absolute atomic E-state index is 0.213. The van der Waals surface area contributed by atoms with E-state index in [9.17, 15) is 4.79 Å². The van der Waals surface area contributed by atoms with Gasteiger partial charge in [-0.05, 0) is 37.1 Å². The zero-order chi connectivity index (χ0) is 23.4. The first-order valence-corrected chi connectivity index (χ1v) is 11.3. The molecular weight excluding hydrogens is 434 g/mol. The smallest absolute Gasteiger partial charge is 0.242 e. The van der Waals surface area contributed by atoms with Gasteiger partial charge in [-0.2, -0.15) is 0 Å². The zero-order valence-corrected chi connectivity index (χ0v) is 19.5. The Hall–Kier alpha value is -3.78. The summed E-state index contributed by atoms with van der Waals surface area (Å²) >= 11 is 1.24. The van der Waals surface area contributed by atoms with Gasteiger partial charge in [0.25, 0.3) is 0 Å². The number of nitrogens with one attached hydrogen (secondary N) is 1. The Labute approximate surface area is 197 Å². The molecule has 1 amide bonds. The fourth-order valence-electron chi connectivity index (χ4n) is 3.38. The number of aromatic nitrogens is 3. The Balaban J connectivity index is 1.65. The topological polar surface area (TPSA) is 95.1 Å². The molecular formula is C25H25N5O2S. The van der Waals surface area contributed by atoms with E-state index in [4.69, 9.17) is 10.6 Å². The van der Waals surface area contributed by atoms with Crippen molar-refractivity contribution in [2.75, 3.05) is 18.3 Å². The maximum atomic E-state index is 13.4. The lowest BCUT2D eigenvalue weighted by atomic mass is 10.1. The molecule has 0 radical (unpaired) electrons. The van der Waals surface area contributed by atoms with E-state index in [0.717, 1.165) is 22.3 Å². The molecule has 0 aliphatic rings. The van der Waals surface area contributed by atoms with E-state index in [0.29, 0.717) is 22.4 Å². The maximum Gasteiger partial charge on any atom is 0.242 e. The van der Waals surface area contributed by atoms with E-state index in [1.165, 1.54) is 16.4 Å². The summed E-state index contributed by atoms with van der Waals surface area (Å²) in [5.74, 6) is 7.25. The summed E-state index contributed by atoms with van der Waals surface area (Å²) in [6.45, 7) is 3.98. The molecule has 3 aromatic carbocycles. The number of anilines is 1. The quantitative estimate of drug-likeness (QED) is 0.306. The Bertz CT molecular complexity index is 1260. The summed E-state index contributed by atoms with van der Waals surface area (Å²) in [5.41, 5.74) is 4.45. The number of benzene rings is 3. The van der Waals surface area contributed by atoms with Gasteiger partial charge in [0, 0.05) is 5.56 Å². The fourth-order valence-corrected chi connectivity index (χ4v) is 4.34. The van der Waals surface area contributed by atoms with Crippen molar-refractivity contribution in [2.45, 2.75) is 24.3 Å². The van der Waals surface area contributed by atoms with E-state index in [1.807, 2.05) is 86.6 Å². The van der Waals surface area contributed by atoms with Gasteiger partial charge >= 0.3 is 0 Å². The minimum Gasteiger partial charge on any atom is -0.495 e. The monoisotopic (exact) mass is 459 g/mol. The minimum atomic E-state index is -0.603. The van der Waals surface area contributed by atoms with Crippen LogP contribution < -0.4 is 15.9 Å². The summed E-state index contributed by atoms with van der Waals surface area (Å²) in [6, 6.07) is 23.0. The molecule has 1 atom stereocenters. The number of ether oxygens (including phenoxy) is 1. The lowest BCUT2D eigenvalue weighted by Crippen LogP contribution is -2.21. The lowest BCUT2D eigenvalue weighted by molar-refractivity contribution is -0.115. The summed E-state index contributed by atoms with van der Waals surface area (Å²) in [4.78, 5) is 13.4. The predicted molar refractivity (Wildman–Crippen MR) is 132 cm³/mol. The molecule has 3 N–H and O–H groups in total. The third kappa shape index (κ3) is 5.01.